The average molecular weight is 283 g/mol. The Bertz CT molecular complexity index is 515. The zero-order valence-corrected chi connectivity index (χ0v) is 11.4. The summed E-state index contributed by atoms with van der Waals surface area (Å²) in [6.07, 6.45) is 2.05. The van der Waals surface area contributed by atoms with Crippen molar-refractivity contribution in [3.8, 4) is 0 Å². The van der Waals surface area contributed by atoms with Crippen LogP contribution in [-0.4, -0.2) is 57.5 Å². The van der Waals surface area contributed by atoms with Gasteiger partial charge in [-0.15, -0.1) is 5.10 Å². The van der Waals surface area contributed by atoms with Crippen LogP contribution in [-0.2, 0) is 4.79 Å². The maximum atomic E-state index is 12.0. The highest BCUT2D eigenvalue weighted by molar-refractivity contribution is 7.99. The van der Waals surface area contributed by atoms with Crippen molar-refractivity contribution in [2.75, 3.05) is 31.9 Å². The van der Waals surface area contributed by atoms with Gasteiger partial charge in [-0.2, -0.15) is 0 Å². The molecule has 8 heteroatoms. The molecule has 2 aliphatic rings. The normalized spacial score (nSPS) is 19.7. The number of hydrogen-bond donors (Lipinski definition) is 2. The Morgan fingerprint density at radius 2 is 2.11 bits per heavy atom. The number of nitrogens with zero attached hydrogens (tertiary/aromatic N) is 3. The van der Waals surface area contributed by atoms with E-state index in [4.69, 9.17) is 0 Å². The third kappa shape index (κ3) is 2.84. The largest absolute Gasteiger partial charge is 0.344 e. The van der Waals surface area contributed by atoms with Crippen molar-refractivity contribution < 1.29 is 4.79 Å². The number of aromatic nitrogens is 3. The smallest absolute Gasteiger partial charge is 0.339 e. The van der Waals surface area contributed by atoms with Gasteiger partial charge in [-0.05, 0) is 12.8 Å². The van der Waals surface area contributed by atoms with Gasteiger partial charge in [0.05, 0.1) is 5.75 Å². The highest BCUT2D eigenvalue weighted by atomic mass is 32.2. The van der Waals surface area contributed by atoms with E-state index in [1.807, 2.05) is 4.90 Å². The second kappa shape index (κ2) is 5.38. The summed E-state index contributed by atoms with van der Waals surface area (Å²) in [5.41, 5.74) is -0.167. The molecule has 0 atom stereocenters. The highest BCUT2D eigenvalue weighted by Gasteiger charge is 2.29. The molecule has 1 aromatic rings. The maximum Gasteiger partial charge on any atom is 0.344 e. The van der Waals surface area contributed by atoms with Crippen LogP contribution in [0.25, 0.3) is 0 Å². The molecule has 19 heavy (non-hydrogen) atoms. The molecule has 2 fully saturated rings. The second-order valence-electron chi connectivity index (χ2n) is 4.83. The monoisotopic (exact) mass is 283 g/mol. The van der Waals surface area contributed by atoms with Crippen LogP contribution in [0.2, 0.25) is 0 Å². The van der Waals surface area contributed by atoms with Gasteiger partial charge in [-0.3, -0.25) is 9.36 Å². The molecular formula is C11H17N5O2S. The first-order valence-electron chi connectivity index (χ1n) is 6.54. The van der Waals surface area contributed by atoms with E-state index in [0.717, 1.165) is 39.0 Å². The summed E-state index contributed by atoms with van der Waals surface area (Å²) in [6.45, 7) is 3.22. The van der Waals surface area contributed by atoms with Gasteiger partial charge in [0.2, 0.25) is 5.91 Å². The van der Waals surface area contributed by atoms with Crippen molar-refractivity contribution in [2.24, 2.45) is 0 Å². The minimum Gasteiger partial charge on any atom is -0.339 e. The van der Waals surface area contributed by atoms with E-state index in [1.54, 1.807) is 4.57 Å². The number of H-pyrrole nitrogens is 1. The van der Waals surface area contributed by atoms with Crippen molar-refractivity contribution in [2.45, 2.75) is 24.0 Å². The summed E-state index contributed by atoms with van der Waals surface area (Å²) >= 11 is 1.35. The van der Waals surface area contributed by atoms with Crippen LogP contribution in [0.1, 0.15) is 18.9 Å². The molecule has 0 bridgehead atoms. The van der Waals surface area contributed by atoms with Gasteiger partial charge >= 0.3 is 5.69 Å². The van der Waals surface area contributed by atoms with Crippen molar-refractivity contribution in [3.05, 3.63) is 10.5 Å². The molecule has 104 valence electrons. The molecule has 1 aliphatic heterocycles. The third-order valence-corrected chi connectivity index (χ3v) is 4.32. The molecule has 7 nitrogen and oxygen atoms in total. The Hall–Kier alpha value is -1.28. The lowest BCUT2D eigenvalue weighted by Crippen LogP contribution is -2.47. The number of thioether (sulfide) groups is 1. The zero-order valence-electron chi connectivity index (χ0n) is 10.6. The summed E-state index contributed by atoms with van der Waals surface area (Å²) < 4.78 is 1.68. The predicted molar refractivity (Wildman–Crippen MR) is 71.3 cm³/mol. The minimum absolute atomic E-state index is 0.115. The Labute approximate surface area is 114 Å². The first-order chi connectivity index (χ1) is 9.25. The molecule has 1 saturated heterocycles. The Balaban J connectivity index is 1.59. The van der Waals surface area contributed by atoms with Gasteiger partial charge in [0.15, 0.2) is 5.16 Å². The quantitative estimate of drug-likeness (QED) is 0.723. The van der Waals surface area contributed by atoms with E-state index in [-0.39, 0.29) is 17.6 Å². The van der Waals surface area contributed by atoms with Crippen molar-refractivity contribution in [3.63, 3.8) is 0 Å². The van der Waals surface area contributed by atoms with Crippen LogP contribution < -0.4 is 11.0 Å². The molecule has 2 N–H and O–H groups in total. The van der Waals surface area contributed by atoms with E-state index >= 15 is 0 Å². The predicted octanol–water partition coefficient (Wildman–Crippen LogP) is -0.570. The van der Waals surface area contributed by atoms with Crippen molar-refractivity contribution in [1.82, 2.24) is 25.0 Å². The van der Waals surface area contributed by atoms with Crippen molar-refractivity contribution in [1.29, 1.82) is 0 Å². The molecule has 0 aromatic carbocycles. The molecule has 1 aromatic heterocycles. The summed E-state index contributed by atoms with van der Waals surface area (Å²) in [5.74, 6) is 0.459. The number of piperazine rings is 1. The summed E-state index contributed by atoms with van der Waals surface area (Å²) in [4.78, 5) is 25.5. The lowest BCUT2D eigenvalue weighted by Gasteiger charge is -2.27. The second-order valence-corrected chi connectivity index (χ2v) is 5.77. The standard InChI is InChI=1S/C11H17N5O2S/c17-9(15-5-3-12-4-6-15)7-19-11-14-13-10(18)16(11)8-1-2-8/h8,12H,1-7H2,(H,13,18). The van der Waals surface area contributed by atoms with Crippen LogP contribution >= 0.6 is 11.8 Å². The molecule has 0 spiro atoms. The first-order valence-corrected chi connectivity index (χ1v) is 7.52. The number of carbonyl (C=O) groups excluding carboxylic acids is 1. The zero-order chi connectivity index (χ0) is 13.2. The van der Waals surface area contributed by atoms with E-state index in [1.165, 1.54) is 11.8 Å². The molecule has 0 unspecified atom stereocenters. The molecular weight excluding hydrogens is 266 g/mol. The number of hydrogen-bond acceptors (Lipinski definition) is 5. The molecule has 2 heterocycles. The summed E-state index contributed by atoms with van der Waals surface area (Å²) in [7, 11) is 0. The molecule has 1 aliphatic carbocycles. The van der Waals surface area contributed by atoms with Gasteiger partial charge in [0.25, 0.3) is 0 Å². The number of amides is 1. The van der Waals surface area contributed by atoms with E-state index in [0.29, 0.717) is 10.9 Å². The lowest BCUT2D eigenvalue weighted by molar-refractivity contribution is -0.128. The highest BCUT2D eigenvalue weighted by Crippen LogP contribution is 2.35. The van der Waals surface area contributed by atoms with E-state index < -0.39 is 0 Å². The van der Waals surface area contributed by atoms with Crippen LogP contribution in [0.15, 0.2) is 9.95 Å². The SMILES string of the molecule is O=C(CSc1n[nH]c(=O)n1C1CC1)N1CCNCC1. The van der Waals surface area contributed by atoms with Gasteiger partial charge in [-0.25, -0.2) is 9.89 Å². The summed E-state index contributed by atoms with van der Waals surface area (Å²) in [5, 5.41) is 10.3. The van der Waals surface area contributed by atoms with Gasteiger partial charge in [0, 0.05) is 32.2 Å². The van der Waals surface area contributed by atoms with Gasteiger partial charge < -0.3 is 10.2 Å². The van der Waals surface area contributed by atoms with E-state index in [9.17, 15) is 9.59 Å². The fourth-order valence-corrected chi connectivity index (χ4v) is 3.10. The van der Waals surface area contributed by atoms with Crippen LogP contribution in [0.5, 0.6) is 0 Å². The summed E-state index contributed by atoms with van der Waals surface area (Å²) in [6, 6.07) is 0.281. The first kappa shape index (κ1) is 12.7. The van der Waals surface area contributed by atoms with Crippen LogP contribution in [0.4, 0.5) is 0 Å². The number of carbonyl (C=O) groups is 1. The van der Waals surface area contributed by atoms with Gasteiger partial charge in [0.1, 0.15) is 0 Å². The Morgan fingerprint density at radius 3 is 2.79 bits per heavy atom. The Kier molecular flexibility index (Phi) is 3.61. The van der Waals surface area contributed by atoms with Crippen LogP contribution in [0.3, 0.4) is 0 Å². The van der Waals surface area contributed by atoms with E-state index in [2.05, 4.69) is 15.5 Å². The van der Waals surface area contributed by atoms with Crippen molar-refractivity contribution >= 4 is 17.7 Å². The molecule has 1 amide bonds. The topological polar surface area (TPSA) is 83.0 Å². The fraction of sp³-hybridized carbons (Fsp3) is 0.727. The van der Waals surface area contributed by atoms with Crippen LogP contribution in [0, 0.1) is 0 Å². The maximum absolute atomic E-state index is 12.0. The molecule has 3 rings (SSSR count). The number of rotatable bonds is 4. The lowest BCUT2D eigenvalue weighted by atomic mass is 10.3. The average Bonchev–Trinajstić information content (AvgIpc) is 3.21. The van der Waals surface area contributed by atoms with Gasteiger partial charge in [-0.1, -0.05) is 11.8 Å². The molecule has 0 radical (unpaired) electrons. The number of nitrogens with one attached hydrogen (secondary N) is 2. The minimum atomic E-state index is -0.167. The molecule has 1 saturated carbocycles. The Morgan fingerprint density at radius 1 is 1.37 bits per heavy atom. The number of aromatic amines is 1. The fourth-order valence-electron chi connectivity index (χ4n) is 2.18. The third-order valence-electron chi connectivity index (χ3n) is 3.38.